The highest BCUT2D eigenvalue weighted by atomic mass is 16.5. The maximum absolute atomic E-state index is 12.2. The van der Waals surface area contributed by atoms with Gasteiger partial charge in [-0.25, -0.2) is 0 Å². The fraction of sp³-hybridized carbons (Fsp3) is 0.300. The highest BCUT2D eigenvalue weighted by Crippen LogP contribution is 2.29. The number of nitrogens with zero attached hydrogens (tertiary/aromatic N) is 1. The van der Waals surface area contributed by atoms with Gasteiger partial charge in [-0.05, 0) is 43.2 Å². The molecule has 0 saturated heterocycles. The largest absolute Gasteiger partial charge is 0.497 e. The fourth-order valence-electron chi connectivity index (χ4n) is 2.57. The number of nitriles is 1. The zero-order chi connectivity index (χ0) is 18.2. The van der Waals surface area contributed by atoms with E-state index < -0.39 is 0 Å². The van der Waals surface area contributed by atoms with Gasteiger partial charge in [-0.1, -0.05) is 12.1 Å². The molecular weight excluding hydrogens is 316 g/mol. The lowest BCUT2D eigenvalue weighted by molar-refractivity contribution is -0.121. The topological polar surface area (TPSA) is 71.3 Å². The van der Waals surface area contributed by atoms with Crippen LogP contribution in [0.2, 0.25) is 0 Å². The van der Waals surface area contributed by atoms with Gasteiger partial charge in [0, 0.05) is 18.1 Å². The molecule has 1 atom stereocenters. The molecular formula is C20H22N2O3. The summed E-state index contributed by atoms with van der Waals surface area (Å²) in [6, 6.07) is 14.7. The number of ether oxygens (including phenoxy) is 2. The number of hydrogen-bond donors (Lipinski definition) is 1. The lowest BCUT2D eigenvalue weighted by Gasteiger charge is -2.18. The van der Waals surface area contributed by atoms with Crippen molar-refractivity contribution in [1.29, 1.82) is 5.26 Å². The van der Waals surface area contributed by atoms with Crippen LogP contribution in [0.25, 0.3) is 0 Å². The summed E-state index contributed by atoms with van der Waals surface area (Å²) in [6.45, 7) is 1.92. The molecule has 0 aromatic heterocycles. The van der Waals surface area contributed by atoms with E-state index in [1.54, 1.807) is 32.4 Å². The Bertz CT molecular complexity index is 764. The molecule has 5 nitrogen and oxygen atoms in total. The molecule has 0 fully saturated rings. The third kappa shape index (κ3) is 4.98. The summed E-state index contributed by atoms with van der Waals surface area (Å²) in [6.07, 6.45) is 1.01. The van der Waals surface area contributed by atoms with Crippen molar-refractivity contribution in [1.82, 2.24) is 5.32 Å². The first-order valence-electron chi connectivity index (χ1n) is 8.07. The number of rotatable bonds is 7. The third-order valence-corrected chi connectivity index (χ3v) is 4.01. The van der Waals surface area contributed by atoms with Crippen molar-refractivity contribution in [3.8, 4) is 17.6 Å². The van der Waals surface area contributed by atoms with Crippen molar-refractivity contribution >= 4 is 5.91 Å². The monoisotopic (exact) mass is 338 g/mol. The van der Waals surface area contributed by atoms with Gasteiger partial charge in [0.25, 0.3) is 0 Å². The molecule has 0 heterocycles. The van der Waals surface area contributed by atoms with Gasteiger partial charge in [0.1, 0.15) is 11.5 Å². The number of hydrogen-bond acceptors (Lipinski definition) is 4. The first-order chi connectivity index (χ1) is 12.1. The van der Waals surface area contributed by atoms with Crippen molar-refractivity contribution in [3.63, 3.8) is 0 Å². The lowest BCUT2D eigenvalue weighted by Crippen LogP contribution is -2.27. The molecule has 0 aliphatic rings. The van der Waals surface area contributed by atoms with Crippen molar-refractivity contribution < 1.29 is 14.3 Å². The summed E-state index contributed by atoms with van der Waals surface area (Å²) in [7, 11) is 3.19. The van der Waals surface area contributed by atoms with Crippen molar-refractivity contribution in [2.75, 3.05) is 14.2 Å². The quantitative estimate of drug-likeness (QED) is 0.840. The summed E-state index contributed by atoms with van der Waals surface area (Å²) in [5.41, 5.74) is 2.55. The summed E-state index contributed by atoms with van der Waals surface area (Å²) in [4.78, 5) is 12.2. The molecule has 2 aromatic carbocycles. The Hall–Kier alpha value is -3.00. The molecule has 0 bridgehead atoms. The van der Waals surface area contributed by atoms with Crippen LogP contribution in [-0.2, 0) is 11.2 Å². The van der Waals surface area contributed by atoms with Crippen molar-refractivity contribution in [2.45, 2.75) is 25.8 Å². The van der Waals surface area contributed by atoms with Crippen LogP contribution in [0.1, 0.15) is 36.1 Å². The molecule has 0 aliphatic carbocycles. The standard InChI is InChI=1S/C20H22N2O3/c1-14(18-10-9-17(24-2)12-19(18)25-3)22-20(23)11-8-15-4-6-16(13-21)7-5-15/h4-7,9-10,12,14H,8,11H2,1-3H3,(H,22,23). The molecule has 0 radical (unpaired) electrons. The highest BCUT2D eigenvalue weighted by molar-refractivity contribution is 5.76. The number of nitrogens with one attached hydrogen (secondary N) is 1. The lowest BCUT2D eigenvalue weighted by atomic mass is 10.1. The van der Waals surface area contributed by atoms with Gasteiger partial charge in [0.2, 0.25) is 5.91 Å². The van der Waals surface area contributed by atoms with Crippen LogP contribution in [0.15, 0.2) is 42.5 Å². The van der Waals surface area contributed by atoms with Gasteiger partial charge in [-0.3, -0.25) is 4.79 Å². The Balaban J connectivity index is 1.94. The van der Waals surface area contributed by atoms with Gasteiger partial charge in [-0.15, -0.1) is 0 Å². The van der Waals surface area contributed by atoms with Crippen LogP contribution in [0, 0.1) is 11.3 Å². The van der Waals surface area contributed by atoms with E-state index in [0.717, 1.165) is 11.1 Å². The first-order valence-corrected chi connectivity index (χ1v) is 8.07. The molecule has 2 aromatic rings. The molecule has 1 N–H and O–H groups in total. The van der Waals surface area contributed by atoms with Crippen LogP contribution in [0.4, 0.5) is 0 Å². The Morgan fingerprint density at radius 3 is 2.48 bits per heavy atom. The summed E-state index contributed by atoms with van der Waals surface area (Å²) < 4.78 is 10.6. The van der Waals surface area contributed by atoms with Gasteiger partial charge in [0.05, 0.1) is 31.9 Å². The zero-order valence-electron chi connectivity index (χ0n) is 14.7. The number of methoxy groups -OCH3 is 2. The Morgan fingerprint density at radius 2 is 1.88 bits per heavy atom. The maximum atomic E-state index is 12.2. The fourth-order valence-corrected chi connectivity index (χ4v) is 2.57. The first kappa shape index (κ1) is 18.3. The number of carbonyl (C=O) groups is 1. The van der Waals surface area contributed by atoms with Gasteiger partial charge in [-0.2, -0.15) is 5.26 Å². The second kappa shape index (κ2) is 8.74. The van der Waals surface area contributed by atoms with Crippen LogP contribution in [-0.4, -0.2) is 20.1 Å². The molecule has 0 aliphatic heterocycles. The number of benzene rings is 2. The molecule has 1 amide bonds. The molecule has 0 saturated carbocycles. The normalized spacial score (nSPS) is 11.3. The minimum atomic E-state index is -0.172. The predicted molar refractivity (Wildman–Crippen MR) is 95.6 cm³/mol. The highest BCUT2D eigenvalue weighted by Gasteiger charge is 2.15. The van der Waals surface area contributed by atoms with E-state index in [1.165, 1.54) is 0 Å². The Kier molecular flexibility index (Phi) is 6.41. The summed E-state index contributed by atoms with van der Waals surface area (Å²) in [5.74, 6) is 1.36. The SMILES string of the molecule is COc1ccc(C(C)NC(=O)CCc2ccc(C#N)cc2)c(OC)c1. The summed E-state index contributed by atoms with van der Waals surface area (Å²) in [5, 5.41) is 11.8. The Labute approximate surface area is 148 Å². The molecule has 5 heteroatoms. The van der Waals surface area contributed by atoms with E-state index >= 15 is 0 Å². The molecule has 1 unspecified atom stereocenters. The van der Waals surface area contributed by atoms with Crippen LogP contribution < -0.4 is 14.8 Å². The van der Waals surface area contributed by atoms with Crippen LogP contribution >= 0.6 is 0 Å². The predicted octanol–water partition coefficient (Wildman–Crippen LogP) is 3.39. The maximum Gasteiger partial charge on any atom is 0.220 e. The van der Waals surface area contributed by atoms with E-state index in [4.69, 9.17) is 14.7 Å². The third-order valence-electron chi connectivity index (χ3n) is 4.01. The molecule has 2 rings (SSSR count). The van der Waals surface area contributed by atoms with Crippen LogP contribution in [0.3, 0.4) is 0 Å². The Morgan fingerprint density at radius 1 is 1.16 bits per heavy atom. The number of aryl methyl sites for hydroxylation is 1. The second-order valence-corrected chi connectivity index (χ2v) is 5.71. The van der Waals surface area contributed by atoms with E-state index in [1.807, 2.05) is 31.2 Å². The minimum Gasteiger partial charge on any atom is -0.497 e. The smallest absolute Gasteiger partial charge is 0.220 e. The summed E-state index contributed by atoms with van der Waals surface area (Å²) >= 11 is 0. The second-order valence-electron chi connectivity index (χ2n) is 5.71. The van der Waals surface area contributed by atoms with Crippen molar-refractivity contribution in [2.24, 2.45) is 0 Å². The van der Waals surface area contributed by atoms with E-state index in [9.17, 15) is 4.79 Å². The minimum absolute atomic E-state index is 0.0327. The average molecular weight is 338 g/mol. The van der Waals surface area contributed by atoms with Crippen LogP contribution in [0.5, 0.6) is 11.5 Å². The van der Waals surface area contributed by atoms with Crippen molar-refractivity contribution in [3.05, 3.63) is 59.2 Å². The van der Waals surface area contributed by atoms with Gasteiger partial charge < -0.3 is 14.8 Å². The average Bonchev–Trinajstić information content (AvgIpc) is 2.66. The zero-order valence-corrected chi connectivity index (χ0v) is 14.7. The molecule has 0 spiro atoms. The molecule has 25 heavy (non-hydrogen) atoms. The van der Waals surface area contributed by atoms with Gasteiger partial charge in [0.15, 0.2) is 0 Å². The number of carbonyl (C=O) groups excluding carboxylic acids is 1. The number of amides is 1. The van der Waals surface area contributed by atoms with Gasteiger partial charge >= 0.3 is 0 Å². The van der Waals surface area contributed by atoms with E-state index in [0.29, 0.717) is 29.9 Å². The van der Waals surface area contributed by atoms with E-state index in [-0.39, 0.29) is 11.9 Å². The van der Waals surface area contributed by atoms with E-state index in [2.05, 4.69) is 11.4 Å². The molecule has 130 valence electrons.